The van der Waals surface area contributed by atoms with E-state index < -0.39 is 0 Å². The first-order chi connectivity index (χ1) is 15.8. The normalized spacial score (nSPS) is 11.2. The predicted octanol–water partition coefficient (Wildman–Crippen LogP) is 5.25. The van der Waals surface area contributed by atoms with Gasteiger partial charge in [-0.25, -0.2) is 0 Å². The smallest absolute Gasteiger partial charge is 0.257 e. The summed E-state index contributed by atoms with van der Waals surface area (Å²) in [6.07, 6.45) is 1.73. The minimum absolute atomic E-state index is 0.153. The zero-order chi connectivity index (χ0) is 21.5. The number of para-hydroxylation sites is 1. The summed E-state index contributed by atoms with van der Waals surface area (Å²) in [4.78, 5) is 16.9. The van der Waals surface area contributed by atoms with E-state index in [0.717, 1.165) is 32.9 Å². The quantitative estimate of drug-likeness (QED) is 0.395. The minimum atomic E-state index is -0.153. The summed E-state index contributed by atoms with van der Waals surface area (Å²) in [5, 5.41) is 19.1. The molecule has 6 rings (SSSR count). The number of aromatic nitrogens is 5. The Bertz CT molecular complexity index is 1560. The summed E-state index contributed by atoms with van der Waals surface area (Å²) in [6, 6.07) is 23.2. The third-order valence-corrected chi connectivity index (χ3v) is 6.14. The SMILES string of the molecule is O=C(Nc1ccc(-c2ccc3nnc(-c4cccs4)n3n2)cc1)c1c[nH]c2ccccc12. The molecule has 0 saturated carbocycles. The third kappa shape index (κ3) is 3.14. The number of aromatic amines is 1. The van der Waals surface area contributed by atoms with Crippen LogP contribution >= 0.6 is 11.3 Å². The number of rotatable bonds is 4. The molecule has 0 radical (unpaired) electrons. The van der Waals surface area contributed by atoms with Crippen molar-refractivity contribution in [3.8, 4) is 22.0 Å². The maximum absolute atomic E-state index is 12.8. The molecule has 4 aromatic heterocycles. The first-order valence-corrected chi connectivity index (χ1v) is 10.9. The number of fused-ring (bicyclic) bond motifs is 2. The van der Waals surface area contributed by atoms with Gasteiger partial charge in [0.25, 0.3) is 5.91 Å². The Morgan fingerprint density at radius 3 is 2.66 bits per heavy atom. The van der Waals surface area contributed by atoms with E-state index >= 15 is 0 Å². The van der Waals surface area contributed by atoms with Gasteiger partial charge in [-0.1, -0.05) is 36.4 Å². The predicted molar refractivity (Wildman–Crippen MR) is 126 cm³/mol. The molecular weight excluding hydrogens is 420 g/mol. The molecule has 32 heavy (non-hydrogen) atoms. The lowest BCUT2D eigenvalue weighted by Crippen LogP contribution is -2.11. The van der Waals surface area contributed by atoms with E-state index in [1.165, 1.54) is 0 Å². The standard InChI is InChI=1S/C24H16N6OS/c31-24(18-14-25-20-5-2-1-4-17(18)20)26-16-9-7-15(8-10-16)19-11-12-22-27-28-23(30(22)29-19)21-6-3-13-32-21/h1-14,25H,(H,26,31). The van der Waals surface area contributed by atoms with E-state index in [2.05, 4.69) is 20.5 Å². The Morgan fingerprint density at radius 1 is 0.938 bits per heavy atom. The number of H-pyrrole nitrogens is 1. The van der Waals surface area contributed by atoms with Gasteiger partial charge in [0.15, 0.2) is 11.5 Å². The van der Waals surface area contributed by atoms with Gasteiger partial charge in [-0.05, 0) is 41.8 Å². The first-order valence-electron chi connectivity index (χ1n) is 10.0. The molecule has 8 heteroatoms. The number of nitrogens with zero attached hydrogens (tertiary/aromatic N) is 4. The summed E-state index contributed by atoms with van der Waals surface area (Å²) >= 11 is 1.60. The number of anilines is 1. The average Bonchev–Trinajstić information content (AvgIpc) is 3.58. The lowest BCUT2D eigenvalue weighted by Gasteiger charge is -2.07. The Balaban J connectivity index is 1.27. The molecule has 0 aliphatic rings. The molecule has 7 nitrogen and oxygen atoms in total. The highest BCUT2D eigenvalue weighted by Crippen LogP contribution is 2.25. The molecule has 2 aromatic carbocycles. The zero-order valence-electron chi connectivity index (χ0n) is 16.7. The Morgan fingerprint density at radius 2 is 1.81 bits per heavy atom. The molecule has 0 aliphatic heterocycles. The molecule has 0 atom stereocenters. The number of hydrogen-bond acceptors (Lipinski definition) is 5. The van der Waals surface area contributed by atoms with Crippen molar-refractivity contribution in [1.29, 1.82) is 0 Å². The van der Waals surface area contributed by atoms with Gasteiger partial charge in [0.05, 0.1) is 16.1 Å². The molecule has 0 aliphatic carbocycles. The molecule has 2 N–H and O–H groups in total. The van der Waals surface area contributed by atoms with Crippen LogP contribution in [0.3, 0.4) is 0 Å². The second-order valence-electron chi connectivity index (χ2n) is 7.27. The number of thiophene rings is 1. The van der Waals surface area contributed by atoms with E-state index in [0.29, 0.717) is 16.9 Å². The van der Waals surface area contributed by atoms with Crippen LogP contribution in [0.5, 0.6) is 0 Å². The molecule has 154 valence electrons. The van der Waals surface area contributed by atoms with E-state index in [1.54, 1.807) is 22.0 Å². The lowest BCUT2D eigenvalue weighted by molar-refractivity contribution is 0.102. The molecular formula is C24H16N6OS. The highest BCUT2D eigenvalue weighted by atomic mass is 32.1. The molecule has 4 heterocycles. The Kier molecular flexibility index (Phi) is 4.29. The van der Waals surface area contributed by atoms with E-state index in [1.807, 2.05) is 78.2 Å². The Hall–Kier alpha value is -4.30. The summed E-state index contributed by atoms with van der Waals surface area (Å²) in [5.41, 5.74) is 4.69. The topological polar surface area (TPSA) is 88.0 Å². The maximum atomic E-state index is 12.8. The van der Waals surface area contributed by atoms with Gasteiger partial charge in [0.2, 0.25) is 0 Å². The molecule has 0 bridgehead atoms. The second-order valence-corrected chi connectivity index (χ2v) is 8.22. The van der Waals surface area contributed by atoms with Crippen LogP contribution in [-0.4, -0.2) is 30.7 Å². The van der Waals surface area contributed by atoms with Gasteiger partial charge >= 0.3 is 0 Å². The van der Waals surface area contributed by atoms with Crippen molar-refractivity contribution in [1.82, 2.24) is 24.8 Å². The van der Waals surface area contributed by atoms with Crippen molar-refractivity contribution in [3.05, 3.63) is 89.9 Å². The number of hydrogen-bond donors (Lipinski definition) is 2. The summed E-state index contributed by atoms with van der Waals surface area (Å²) < 4.78 is 1.76. The Labute approximate surface area is 186 Å². The fraction of sp³-hybridized carbons (Fsp3) is 0. The van der Waals surface area contributed by atoms with Crippen LogP contribution in [-0.2, 0) is 0 Å². The van der Waals surface area contributed by atoms with Gasteiger partial charge < -0.3 is 10.3 Å². The van der Waals surface area contributed by atoms with Crippen molar-refractivity contribution in [2.24, 2.45) is 0 Å². The van der Waals surface area contributed by atoms with E-state index in [9.17, 15) is 4.79 Å². The fourth-order valence-corrected chi connectivity index (χ4v) is 4.38. The fourth-order valence-electron chi connectivity index (χ4n) is 3.68. The van der Waals surface area contributed by atoms with Crippen LogP contribution in [0.1, 0.15) is 10.4 Å². The highest BCUT2D eigenvalue weighted by Gasteiger charge is 2.13. The lowest BCUT2D eigenvalue weighted by atomic mass is 10.1. The van der Waals surface area contributed by atoms with Crippen LogP contribution in [0.4, 0.5) is 5.69 Å². The number of carbonyl (C=O) groups excluding carboxylic acids is 1. The van der Waals surface area contributed by atoms with Crippen LogP contribution in [0, 0.1) is 0 Å². The number of benzene rings is 2. The van der Waals surface area contributed by atoms with Gasteiger partial charge in [-0.15, -0.1) is 21.5 Å². The van der Waals surface area contributed by atoms with Crippen molar-refractivity contribution >= 4 is 39.5 Å². The number of amides is 1. The van der Waals surface area contributed by atoms with Gasteiger partial charge in [-0.2, -0.15) is 9.61 Å². The van der Waals surface area contributed by atoms with Crippen molar-refractivity contribution < 1.29 is 4.79 Å². The monoisotopic (exact) mass is 436 g/mol. The summed E-state index contributed by atoms with van der Waals surface area (Å²) in [7, 11) is 0. The molecule has 0 spiro atoms. The van der Waals surface area contributed by atoms with Crippen LogP contribution < -0.4 is 5.32 Å². The van der Waals surface area contributed by atoms with Crippen LogP contribution in [0.2, 0.25) is 0 Å². The summed E-state index contributed by atoms with van der Waals surface area (Å²) in [5.74, 6) is 0.569. The van der Waals surface area contributed by atoms with E-state index in [4.69, 9.17) is 5.10 Å². The van der Waals surface area contributed by atoms with E-state index in [-0.39, 0.29) is 5.91 Å². The minimum Gasteiger partial charge on any atom is -0.360 e. The maximum Gasteiger partial charge on any atom is 0.257 e. The molecule has 0 saturated heterocycles. The molecule has 0 unspecified atom stereocenters. The largest absolute Gasteiger partial charge is 0.360 e. The zero-order valence-corrected chi connectivity index (χ0v) is 17.5. The van der Waals surface area contributed by atoms with Gasteiger partial charge in [0.1, 0.15) is 0 Å². The van der Waals surface area contributed by atoms with Crippen molar-refractivity contribution in [3.63, 3.8) is 0 Å². The van der Waals surface area contributed by atoms with Crippen LogP contribution in [0.25, 0.3) is 38.5 Å². The third-order valence-electron chi connectivity index (χ3n) is 5.28. The average molecular weight is 437 g/mol. The molecule has 1 amide bonds. The molecule has 0 fully saturated rings. The van der Waals surface area contributed by atoms with Crippen LogP contribution in [0.15, 0.2) is 84.4 Å². The summed E-state index contributed by atoms with van der Waals surface area (Å²) in [6.45, 7) is 0. The first kappa shape index (κ1) is 18.5. The van der Waals surface area contributed by atoms with Crippen molar-refractivity contribution in [2.75, 3.05) is 5.32 Å². The molecule has 6 aromatic rings. The van der Waals surface area contributed by atoms with Crippen molar-refractivity contribution in [2.45, 2.75) is 0 Å². The number of carbonyl (C=O) groups is 1. The highest BCUT2D eigenvalue weighted by molar-refractivity contribution is 7.13. The number of nitrogens with one attached hydrogen (secondary N) is 2. The van der Waals surface area contributed by atoms with Gasteiger partial charge in [0, 0.05) is 28.4 Å². The van der Waals surface area contributed by atoms with Gasteiger partial charge in [-0.3, -0.25) is 4.79 Å². The second kappa shape index (κ2) is 7.44.